The molecule has 3 aliphatic rings. The summed E-state index contributed by atoms with van der Waals surface area (Å²) in [5.74, 6) is 3.32. The summed E-state index contributed by atoms with van der Waals surface area (Å²) in [4.78, 5) is 15.3. The van der Waals surface area contributed by atoms with Gasteiger partial charge < -0.3 is 19.5 Å². The molecule has 0 spiro atoms. The lowest BCUT2D eigenvalue weighted by atomic mass is 9.87. The van der Waals surface area contributed by atoms with E-state index in [1.165, 1.54) is 43.4 Å². The molecule has 2 saturated heterocycles. The molecule has 0 unspecified atom stereocenters. The molecule has 3 aromatic rings. The molecule has 6 nitrogen and oxygen atoms in total. The van der Waals surface area contributed by atoms with E-state index in [0.717, 1.165) is 61.9 Å². The minimum absolute atomic E-state index is 0.228. The normalized spacial score (nSPS) is 18.7. The quantitative estimate of drug-likeness (QED) is 0.217. The maximum absolute atomic E-state index is 6.39. The van der Waals surface area contributed by atoms with Gasteiger partial charge in [0.1, 0.15) is 11.6 Å². The van der Waals surface area contributed by atoms with E-state index in [1.807, 2.05) is 0 Å². The molecule has 3 fully saturated rings. The van der Waals surface area contributed by atoms with Crippen molar-refractivity contribution in [3.63, 3.8) is 0 Å². The van der Waals surface area contributed by atoms with Crippen LogP contribution in [0.15, 0.2) is 42.5 Å². The van der Waals surface area contributed by atoms with Crippen LogP contribution in [0.25, 0.3) is 10.9 Å². The highest BCUT2D eigenvalue weighted by molar-refractivity contribution is 6.74. The SMILES string of the molecule is CC(C)(C)[Si](C)(C)OCCNc1ccc2nc(C3CC3)nc(N3CCC(c4ccccc4N4CCC4)CC3)c2c1. The van der Waals surface area contributed by atoms with Gasteiger partial charge in [-0.25, -0.2) is 9.97 Å². The molecule has 214 valence electrons. The fraction of sp³-hybridized carbons (Fsp3) is 0.576. The van der Waals surface area contributed by atoms with Crippen LogP contribution >= 0.6 is 0 Å². The van der Waals surface area contributed by atoms with Crippen LogP contribution in [0.1, 0.15) is 76.1 Å². The van der Waals surface area contributed by atoms with Crippen LogP contribution < -0.4 is 15.1 Å². The highest BCUT2D eigenvalue weighted by Crippen LogP contribution is 2.42. The Bertz CT molecular complexity index is 1340. The predicted octanol–water partition coefficient (Wildman–Crippen LogP) is 7.54. The van der Waals surface area contributed by atoms with E-state index in [4.69, 9.17) is 14.4 Å². The summed E-state index contributed by atoms with van der Waals surface area (Å²) in [6.45, 7) is 17.5. The molecule has 40 heavy (non-hydrogen) atoms. The lowest BCUT2D eigenvalue weighted by Gasteiger charge is -2.38. The Labute approximate surface area is 241 Å². The minimum Gasteiger partial charge on any atom is -0.415 e. The van der Waals surface area contributed by atoms with Crippen molar-refractivity contribution in [3.8, 4) is 0 Å². The molecule has 1 aliphatic carbocycles. The number of benzene rings is 2. The van der Waals surface area contributed by atoms with Crippen LogP contribution in [-0.4, -0.2) is 57.6 Å². The van der Waals surface area contributed by atoms with Crippen LogP contribution in [0, 0.1) is 0 Å². The Hall–Kier alpha value is -2.64. The molecular weight excluding hydrogens is 510 g/mol. The molecule has 0 bridgehead atoms. The van der Waals surface area contributed by atoms with Crippen LogP contribution in [0.5, 0.6) is 0 Å². The number of hydrogen-bond donors (Lipinski definition) is 1. The van der Waals surface area contributed by atoms with E-state index in [9.17, 15) is 0 Å². The highest BCUT2D eigenvalue weighted by Gasteiger charge is 2.37. The fourth-order valence-corrected chi connectivity index (χ4v) is 6.85. The zero-order valence-corrected chi connectivity index (χ0v) is 26.2. The molecule has 6 rings (SSSR count). The lowest BCUT2D eigenvalue weighted by Crippen LogP contribution is -2.41. The summed E-state index contributed by atoms with van der Waals surface area (Å²) >= 11 is 0. The number of para-hydroxylation sites is 1. The summed E-state index contributed by atoms with van der Waals surface area (Å²) < 4.78 is 6.39. The van der Waals surface area contributed by atoms with Gasteiger partial charge in [0.2, 0.25) is 0 Å². The first-order valence-electron chi connectivity index (χ1n) is 15.5. The average molecular weight is 558 g/mol. The molecule has 1 aromatic heterocycles. The third-order valence-corrected chi connectivity index (χ3v) is 14.2. The molecule has 3 heterocycles. The first-order valence-corrected chi connectivity index (χ1v) is 18.4. The molecule has 0 radical (unpaired) electrons. The van der Waals surface area contributed by atoms with Gasteiger partial charge in [0, 0.05) is 55.4 Å². The average Bonchev–Trinajstić information content (AvgIpc) is 3.75. The van der Waals surface area contributed by atoms with Gasteiger partial charge in [0.05, 0.1) is 12.1 Å². The molecule has 2 aromatic carbocycles. The number of nitrogens with one attached hydrogen (secondary N) is 1. The molecule has 1 saturated carbocycles. The van der Waals surface area contributed by atoms with Crippen molar-refractivity contribution in [2.45, 2.75) is 82.8 Å². The Balaban J connectivity index is 1.18. The maximum Gasteiger partial charge on any atom is 0.192 e. The second-order valence-electron chi connectivity index (χ2n) is 13.6. The molecule has 1 N–H and O–H groups in total. The summed E-state index contributed by atoms with van der Waals surface area (Å²) in [5.41, 5.74) is 5.19. The van der Waals surface area contributed by atoms with E-state index in [-0.39, 0.29) is 5.04 Å². The van der Waals surface area contributed by atoms with Gasteiger partial charge in [0.15, 0.2) is 8.32 Å². The number of piperidine rings is 1. The van der Waals surface area contributed by atoms with Gasteiger partial charge in [-0.2, -0.15) is 0 Å². The Kier molecular flexibility index (Phi) is 7.55. The van der Waals surface area contributed by atoms with Gasteiger partial charge in [-0.15, -0.1) is 0 Å². The van der Waals surface area contributed by atoms with Crippen molar-refractivity contribution < 1.29 is 4.43 Å². The summed E-state index contributed by atoms with van der Waals surface area (Å²) in [6, 6.07) is 15.7. The monoisotopic (exact) mass is 557 g/mol. The van der Waals surface area contributed by atoms with Gasteiger partial charge in [0.25, 0.3) is 0 Å². The predicted molar refractivity (Wildman–Crippen MR) is 171 cm³/mol. The van der Waals surface area contributed by atoms with Gasteiger partial charge in [-0.1, -0.05) is 39.0 Å². The first kappa shape index (κ1) is 27.5. The summed E-state index contributed by atoms with van der Waals surface area (Å²) in [5, 5.41) is 5.01. The van der Waals surface area contributed by atoms with Crippen LogP contribution in [0.4, 0.5) is 17.2 Å². The Morgan fingerprint density at radius 2 is 1.65 bits per heavy atom. The summed E-state index contributed by atoms with van der Waals surface area (Å²) in [6.07, 6.45) is 6.08. The number of rotatable bonds is 9. The van der Waals surface area contributed by atoms with E-state index in [1.54, 1.807) is 5.56 Å². The van der Waals surface area contributed by atoms with Gasteiger partial charge in [-0.3, -0.25) is 0 Å². The van der Waals surface area contributed by atoms with E-state index >= 15 is 0 Å². The van der Waals surface area contributed by atoms with E-state index in [0.29, 0.717) is 11.8 Å². The number of aromatic nitrogens is 2. The largest absolute Gasteiger partial charge is 0.415 e. The van der Waals surface area contributed by atoms with Crippen molar-refractivity contribution in [3.05, 3.63) is 53.9 Å². The zero-order chi connectivity index (χ0) is 27.9. The van der Waals surface area contributed by atoms with Crippen molar-refractivity contribution in [1.82, 2.24) is 9.97 Å². The number of nitrogens with zero attached hydrogens (tertiary/aromatic N) is 4. The molecule has 0 atom stereocenters. The van der Waals surface area contributed by atoms with Crippen molar-refractivity contribution in [2.75, 3.05) is 54.4 Å². The number of fused-ring (bicyclic) bond motifs is 1. The number of anilines is 3. The standard InChI is InChI=1S/C33H47N5OSi/c1-33(2,3)40(4,5)39-22-17-34-26-13-14-29-28(23-26)32(36-31(35-29)25-11-12-25)38-20-15-24(16-21-38)27-9-6-7-10-30(27)37-18-8-19-37/h6-7,9-10,13-14,23-25,34H,8,11-12,15-22H2,1-5H3. The molecule has 2 aliphatic heterocycles. The van der Waals surface area contributed by atoms with Crippen molar-refractivity contribution >= 4 is 36.4 Å². The fourth-order valence-electron chi connectivity index (χ4n) is 5.80. The van der Waals surface area contributed by atoms with Crippen LogP contribution in [0.3, 0.4) is 0 Å². The van der Waals surface area contributed by atoms with Crippen molar-refractivity contribution in [2.24, 2.45) is 0 Å². The Morgan fingerprint density at radius 3 is 2.33 bits per heavy atom. The zero-order valence-electron chi connectivity index (χ0n) is 25.2. The maximum atomic E-state index is 6.39. The van der Waals surface area contributed by atoms with Gasteiger partial charge >= 0.3 is 0 Å². The molecule has 7 heteroatoms. The summed E-state index contributed by atoms with van der Waals surface area (Å²) in [7, 11) is -1.74. The smallest absolute Gasteiger partial charge is 0.192 e. The van der Waals surface area contributed by atoms with Crippen molar-refractivity contribution in [1.29, 1.82) is 0 Å². The molecule has 0 amide bonds. The minimum atomic E-state index is -1.74. The second-order valence-corrected chi connectivity index (χ2v) is 18.4. The van der Waals surface area contributed by atoms with Crippen LogP contribution in [0.2, 0.25) is 18.1 Å². The topological polar surface area (TPSA) is 53.5 Å². The van der Waals surface area contributed by atoms with E-state index in [2.05, 4.69) is 91.4 Å². The van der Waals surface area contributed by atoms with Gasteiger partial charge in [-0.05, 0) is 86.0 Å². The molecular formula is C33H47N5OSi. The first-order chi connectivity index (χ1) is 19.2. The second kappa shape index (κ2) is 11.0. The lowest BCUT2D eigenvalue weighted by molar-refractivity contribution is 0.301. The van der Waals surface area contributed by atoms with E-state index < -0.39 is 8.32 Å². The third kappa shape index (κ3) is 5.73. The number of hydrogen-bond acceptors (Lipinski definition) is 6. The highest BCUT2D eigenvalue weighted by atomic mass is 28.4. The van der Waals surface area contributed by atoms with Crippen LogP contribution in [-0.2, 0) is 4.43 Å². The Morgan fingerprint density at radius 1 is 0.900 bits per heavy atom. The third-order valence-electron chi connectivity index (χ3n) is 9.70.